The van der Waals surface area contributed by atoms with Gasteiger partial charge in [-0.15, -0.1) is 0 Å². The quantitative estimate of drug-likeness (QED) is 0.772. The molecule has 0 atom stereocenters. The minimum atomic E-state index is -0.968. The average molecular weight is 312 g/mol. The smallest absolute Gasteiger partial charge is 0.352 e. The largest absolute Gasteiger partial charge is 0.477 e. The van der Waals surface area contributed by atoms with Crippen molar-refractivity contribution in [2.75, 3.05) is 5.32 Å². The van der Waals surface area contributed by atoms with Crippen molar-refractivity contribution < 1.29 is 9.90 Å². The van der Waals surface area contributed by atoms with E-state index in [1.807, 2.05) is 18.2 Å². The van der Waals surface area contributed by atoms with E-state index in [-0.39, 0.29) is 11.3 Å². The van der Waals surface area contributed by atoms with Crippen molar-refractivity contribution in [2.45, 2.75) is 6.92 Å². The predicted octanol–water partition coefficient (Wildman–Crippen LogP) is 2.02. The lowest BCUT2D eigenvalue weighted by Crippen LogP contribution is -2.22. The second-order valence-electron chi connectivity index (χ2n) is 5.40. The van der Waals surface area contributed by atoms with Gasteiger partial charge in [0.2, 0.25) is 0 Å². The first-order valence-corrected chi connectivity index (χ1v) is 7.01. The van der Waals surface area contributed by atoms with Crippen molar-refractivity contribution in [1.29, 1.82) is 0 Å². The molecular formula is C16H16N4O3. The summed E-state index contributed by atoms with van der Waals surface area (Å²) in [6.07, 6.45) is 1.59. The standard InChI is InChI=1S/C16H16N4O3/c1-9-12(8-17-20(3)15(9)21)18-11-4-5-13-10(6-11)7-14(16(22)23)19(13)2/h4-8,18H,1-3H3,(H,22,23). The van der Waals surface area contributed by atoms with Gasteiger partial charge in [0, 0.05) is 36.2 Å². The molecule has 2 heterocycles. The van der Waals surface area contributed by atoms with Gasteiger partial charge in [0.15, 0.2) is 0 Å². The van der Waals surface area contributed by atoms with Gasteiger partial charge in [-0.1, -0.05) is 0 Å². The Morgan fingerprint density at radius 2 is 2.00 bits per heavy atom. The van der Waals surface area contributed by atoms with Gasteiger partial charge < -0.3 is 15.0 Å². The number of carboxylic acid groups (broad SMARTS) is 1. The second kappa shape index (κ2) is 5.28. The van der Waals surface area contributed by atoms with E-state index in [9.17, 15) is 14.7 Å². The van der Waals surface area contributed by atoms with Crippen LogP contribution in [0.3, 0.4) is 0 Å². The van der Waals surface area contributed by atoms with Gasteiger partial charge in [-0.2, -0.15) is 5.10 Å². The minimum Gasteiger partial charge on any atom is -0.477 e. The van der Waals surface area contributed by atoms with E-state index in [2.05, 4.69) is 10.4 Å². The zero-order chi connectivity index (χ0) is 16.7. The lowest BCUT2D eigenvalue weighted by molar-refractivity contribution is 0.0687. The number of aryl methyl sites for hydroxylation is 2. The van der Waals surface area contributed by atoms with E-state index in [0.717, 1.165) is 16.6 Å². The molecule has 0 aliphatic heterocycles. The van der Waals surface area contributed by atoms with Crippen molar-refractivity contribution in [2.24, 2.45) is 14.1 Å². The lowest BCUT2D eigenvalue weighted by atomic mass is 10.2. The van der Waals surface area contributed by atoms with Crippen LogP contribution in [0.2, 0.25) is 0 Å². The van der Waals surface area contributed by atoms with Crippen LogP contribution in [-0.2, 0) is 14.1 Å². The van der Waals surface area contributed by atoms with Crippen LogP contribution in [0.5, 0.6) is 0 Å². The molecule has 23 heavy (non-hydrogen) atoms. The minimum absolute atomic E-state index is 0.163. The molecule has 0 radical (unpaired) electrons. The van der Waals surface area contributed by atoms with E-state index in [4.69, 9.17) is 0 Å². The van der Waals surface area contributed by atoms with Crippen molar-refractivity contribution in [3.8, 4) is 0 Å². The molecule has 0 unspecified atom stereocenters. The van der Waals surface area contributed by atoms with Gasteiger partial charge in [-0.25, -0.2) is 9.48 Å². The SMILES string of the molecule is Cc1c(Nc2ccc3c(c2)cc(C(=O)O)n3C)cnn(C)c1=O. The van der Waals surface area contributed by atoms with Gasteiger partial charge in [-0.3, -0.25) is 4.79 Å². The molecule has 0 saturated carbocycles. The molecular weight excluding hydrogens is 296 g/mol. The zero-order valence-electron chi connectivity index (χ0n) is 13.0. The Kier molecular flexibility index (Phi) is 3.40. The summed E-state index contributed by atoms with van der Waals surface area (Å²) in [6, 6.07) is 7.15. The van der Waals surface area contributed by atoms with E-state index in [1.54, 1.807) is 37.8 Å². The van der Waals surface area contributed by atoms with Crippen LogP contribution in [0.15, 0.2) is 35.3 Å². The molecule has 1 aromatic carbocycles. The number of benzene rings is 1. The maximum Gasteiger partial charge on any atom is 0.352 e. The van der Waals surface area contributed by atoms with Crippen molar-refractivity contribution in [3.05, 3.63) is 52.1 Å². The Morgan fingerprint density at radius 1 is 1.26 bits per heavy atom. The third-order valence-electron chi connectivity index (χ3n) is 3.92. The molecule has 3 rings (SSSR count). The normalized spacial score (nSPS) is 10.9. The van der Waals surface area contributed by atoms with Crippen LogP contribution in [-0.4, -0.2) is 25.4 Å². The molecule has 0 aliphatic rings. The zero-order valence-corrected chi connectivity index (χ0v) is 13.0. The fraction of sp³-hybridized carbons (Fsp3) is 0.188. The number of nitrogens with one attached hydrogen (secondary N) is 1. The molecule has 3 aromatic rings. The highest BCUT2D eigenvalue weighted by Gasteiger charge is 2.12. The number of rotatable bonds is 3. The van der Waals surface area contributed by atoms with Gasteiger partial charge in [0.25, 0.3) is 5.56 Å². The monoisotopic (exact) mass is 312 g/mol. The first kappa shape index (κ1) is 14.8. The highest BCUT2D eigenvalue weighted by atomic mass is 16.4. The number of nitrogens with zero attached hydrogens (tertiary/aromatic N) is 3. The highest BCUT2D eigenvalue weighted by molar-refractivity contribution is 5.95. The maximum absolute atomic E-state index is 11.9. The van der Waals surface area contributed by atoms with Crippen LogP contribution in [0, 0.1) is 6.92 Å². The lowest BCUT2D eigenvalue weighted by Gasteiger charge is -2.10. The predicted molar refractivity (Wildman–Crippen MR) is 87.4 cm³/mol. The number of hydrogen-bond acceptors (Lipinski definition) is 4. The number of carbonyl (C=O) groups is 1. The maximum atomic E-state index is 11.9. The third kappa shape index (κ3) is 2.46. The summed E-state index contributed by atoms with van der Waals surface area (Å²) in [4.78, 5) is 23.1. The molecule has 118 valence electrons. The van der Waals surface area contributed by atoms with Crippen molar-refractivity contribution >= 4 is 28.2 Å². The molecule has 0 spiro atoms. The Bertz CT molecular complexity index is 985. The van der Waals surface area contributed by atoms with Gasteiger partial charge in [0.1, 0.15) is 5.69 Å². The molecule has 7 heteroatoms. The van der Waals surface area contributed by atoms with Crippen LogP contribution >= 0.6 is 0 Å². The van der Waals surface area contributed by atoms with Crippen LogP contribution in [0.25, 0.3) is 10.9 Å². The van der Waals surface area contributed by atoms with Crippen LogP contribution in [0.4, 0.5) is 11.4 Å². The summed E-state index contributed by atoms with van der Waals surface area (Å²) >= 11 is 0. The van der Waals surface area contributed by atoms with Crippen LogP contribution in [0.1, 0.15) is 16.1 Å². The highest BCUT2D eigenvalue weighted by Crippen LogP contribution is 2.25. The number of fused-ring (bicyclic) bond motifs is 1. The fourth-order valence-electron chi connectivity index (χ4n) is 2.57. The van der Waals surface area contributed by atoms with Gasteiger partial charge in [0.05, 0.1) is 11.9 Å². The van der Waals surface area contributed by atoms with Crippen LogP contribution < -0.4 is 10.9 Å². The Labute approximate surface area is 131 Å². The molecule has 0 fully saturated rings. The average Bonchev–Trinajstić information content (AvgIpc) is 2.85. The Morgan fingerprint density at radius 3 is 2.70 bits per heavy atom. The molecule has 0 aliphatic carbocycles. The van der Waals surface area contributed by atoms with E-state index >= 15 is 0 Å². The number of carboxylic acids is 1. The Hall–Kier alpha value is -3.09. The van der Waals surface area contributed by atoms with Gasteiger partial charge in [-0.05, 0) is 31.2 Å². The van der Waals surface area contributed by atoms with Crippen molar-refractivity contribution in [3.63, 3.8) is 0 Å². The van der Waals surface area contributed by atoms with E-state index in [0.29, 0.717) is 11.3 Å². The molecule has 2 aromatic heterocycles. The summed E-state index contributed by atoms with van der Waals surface area (Å²) in [5.74, 6) is -0.968. The molecule has 0 bridgehead atoms. The number of aromatic nitrogens is 3. The van der Waals surface area contributed by atoms with Gasteiger partial charge >= 0.3 is 5.97 Å². The second-order valence-corrected chi connectivity index (χ2v) is 5.40. The van der Waals surface area contributed by atoms with Crippen molar-refractivity contribution in [1.82, 2.24) is 14.3 Å². The Balaban J connectivity index is 2.03. The molecule has 7 nitrogen and oxygen atoms in total. The molecule has 2 N–H and O–H groups in total. The summed E-state index contributed by atoms with van der Waals surface area (Å²) in [5, 5.41) is 17.1. The molecule has 0 amide bonds. The number of anilines is 2. The van der Waals surface area contributed by atoms with E-state index < -0.39 is 5.97 Å². The first-order chi connectivity index (χ1) is 10.9. The summed E-state index contributed by atoms with van der Waals surface area (Å²) < 4.78 is 2.91. The summed E-state index contributed by atoms with van der Waals surface area (Å²) in [5.41, 5.74) is 2.85. The first-order valence-electron chi connectivity index (χ1n) is 7.01. The number of aromatic carboxylic acids is 1. The van der Waals surface area contributed by atoms with E-state index in [1.165, 1.54) is 4.68 Å². The summed E-state index contributed by atoms with van der Waals surface area (Å²) in [7, 11) is 3.32. The number of hydrogen-bond donors (Lipinski definition) is 2. The fourth-order valence-corrected chi connectivity index (χ4v) is 2.57. The summed E-state index contributed by atoms with van der Waals surface area (Å²) in [6.45, 7) is 1.73. The topological polar surface area (TPSA) is 89.2 Å². The molecule has 0 saturated heterocycles. The third-order valence-corrected chi connectivity index (χ3v) is 3.92.